The number of carbonyl (C=O) groups is 2. The van der Waals surface area contributed by atoms with Crippen LogP contribution >= 0.6 is 0 Å². The molecule has 1 unspecified atom stereocenters. The minimum atomic E-state index is -1.18. The zero-order chi connectivity index (χ0) is 11.7. The zero-order valence-electron chi connectivity index (χ0n) is 8.73. The van der Waals surface area contributed by atoms with E-state index in [1.807, 2.05) is 6.92 Å². The number of ether oxygens (including phenoxy) is 1. The van der Waals surface area contributed by atoms with Gasteiger partial charge >= 0.3 is 12.1 Å². The van der Waals surface area contributed by atoms with Gasteiger partial charge in [0.25, 0.3) is 0 Å². The fraction of sp³-hybridized carbons (Fsp3) is 0.778. The van der Waals surface area contributed by atoms with Gasteiger partial charge in [-0.3, -0.25) is 0 Å². The van der Waals surface area contributed by atoms with Gasteiger partial charge in [-0.1, -0.05) is 13.3 Å². The number of hydrogen-bond donors (Lipinski definition) is 3. The van der Waals surface area contributed by atoms with Gasteiger partial charge in [-0.05, 0) is 6.42 Å². The van der Waals surface area contributed by atoms with Crippen molar-refractivity contribution in [1.82, 2.24) is 5.32 Å². The fourth-order valence-corrected chi connectivity index (χ4v) is 0.880. The van der Waals surface area contributed by atoms with E-state index in [1.165, 1.54) is 0 Å². The van der Waals surface area contributed by atoms with Crippen LogP contribution in [0.5, 0.6) is 0 Å². The molecule has 0 heterocycles. The molecule has 0 radical (unpaired) electrons. The largest absolute Gasteiger partial charge is 0.480 e. The molecule has 0 saturated heterocycles. The molecule has 0 aliphatic carbocycles. The average molecular weight is 219 g/mol. The topological polar surface area (TPSA) is 95.9 Å². The van der Waals surface area contributed by atoms with E-state index in [-0.39, 0.29) is 19.6 Å². The Morgan fingerprint density at radius 3 is 2.60 bits per heavy atom. The van der Waals surface area contributed by atoms with Gasteiger partial charge in [-0.2, -0.15) is 0 Å². The Bertz CT molecular complexity index is 207. The average Bonchev–Trinajstić information content (AvgIpc) is 2.17. The summed E-state index contributed by atoms with van der Waals surface area (Å²) in [6.07, 6.45) is 0.847. The molecule has 1 atom stereocenters. The summed E-state index contributed by atoms with van der Waals surface area (Å²) in [5, 5.41) is 19.4. The molecule has 0 aromatic heterocycles. The van der Waals surface area contributed by atoms with E-state index < -0.39 is 18.1 Å². The van der Waals surface area contributed by atoms with E-state index >= 15 is 0 Å². The normalized spacial score (nSPS) is 11.9. The van der Waals surface area contributed by atoms with Gasteiger partial charge in [0, 0.05) is 13.0 Å². The second kappa shape index (κ2) is 8.05. The lowest BCUT2D eigenvalue weighted by Gasteiger charge is -2.12. The molecule has 0 aromatic carbocycles. The van der Waals surface area contributed by atoms with Gasteiger partial charge in [0.1, 0.15) is 6.04 Å². The zero-order valence-corrected chi connectivity index (χ0v) is 8.73. The number of rotatable bonds is 7. The second-order valence-electron chi connectivity index (χ2n) is 3.04. The third-order valence-electron chi connectivity index (χ3n) is 1.74. The number of alkyl carbamates (subject to hydrolysis) is 1. The van der Waals surface area contributed by atoms with Crippen LogP contribution in [0.25, 0.3) is 0 Å². The van der Waals surface area contributed by atoms with Crippen molar-refractivity contribution >= 4 is 12.1 Å². The van der Waals surface area contributed by atoms with Gasteiger partial charge in [0.15, 0.2) is 0 Å². The number of amides is 1. The van der Waals surface area contributed by atoms with Crippen molar-refractivity contribution in [2.24, 2.45) is 0 Å². The van der Waals surface area contributed by atoms with Crippen LogP contribution in [-0.2, 0) is 9.53 Å². The molecule has 6 heteroatoms. The minimum absolute atomic E-state index is 0.0296. The summed E-state index contributed by atoms with van der Waals surface area (Å²) in [6, 6.07) is -1.09. The molecule has 1 amide bonds. The lowest BCUT2D eigenvalue weighted by Crippen LogP contribution is -2.41. The molecule has 88 valence electrons. The smallest absolute Gasteiger partial charge is 0.407 e. The summed E-state index contributed by atoms with van der Waals surface area (Å²) in [5.41, 5.74) is 0. The van der Waals surface area contributed by atoms with Crippen molar-refractivity contribution in [3.63, 3.8) is 0 Å². The van der Waals surface area contributed by atoms with Gasteiger partial charge in [0.05, 0.1) is 6.61 Å². The number of carboxylic acids is 1. The lowest BCUT2D eigenvalue weighted by molar-refractivity contribution is -0.139. The number of carboxylic acid groups (broad SMARTS) is 1. The molecule has 3 N–H and O–H groups in total. The third kappa shape index (κ3) is 6.73. The number of hydrogen-bond acceptors (Lipinski definition) is 4. The highest BCUT2D eigenvalue weighted by Crippen LogP contribution is 1.94. The molecule has 0 aliphatic heterocycles. The molecular formula is C9H17NO5. The highest BCUT2D eigenvalue weighted by atomic mass is 16.5. The number of aliphatic hydroxyl groups excluding tert-OH is 1. The number of aliphatic carboxylic acids is 1. The van der Waals surface area contributed by atoms with E-state index in [0.29, 0.717) is 0 Å². The summed E-state index contributed by atoms with van der Waals surface area (Å²) in [5.74, 6) is -1.18. The minimum Gasteiger partial charge on any atom is -0.480 e. The van der Waals surface area contributed by atoms with Gasteiger partial charge in [-0.25, -0.2) is 9.59 Å². The van der Waals surface area contributed by atoms with Crippen molar-refractivity contribution in [2.75, 3.05) is 13.2 Å². The van der Waals surface area contributed by atoms with Crippen LogP contribution in [0.15, 0.2) is 0 Å². The van der Waals surface area contributed by atoms with Crippen LogP contribution in [0, 0.1) is 0 Å². The summed E-state index contributed by atoms with van der Waals surface area (Å²) in [6.45, 7) is 1.92. The maximum atomic E-state index is 11.0. The predicted molar refractivity (Wildman–Crippen MR) is 52.5 cm³/mol. The quantitative estimate of drug-likeness (QED) is 0.537. The molecule has 0 saturated carbocycles. The van der Waals surface area contributed by atoms with Gasteiger partial charge in [0.2, 0.25) is 0 Å². The second-order valence-corrected chi connectivity index (χ2v) is 3.04. The van der Waals surface area contributed by atoms with E-state index in [0.717, 1.165) is 12.8 Å². The monoisotopic (exact) mass is 219 g/mol. The lowest BCUT2D eigenvalue weighted by atomic mass is 10.2. The summed E-state index contributed by atoms with van der Waals surface area (Å²) < 4.78 is 4.71. The Morgan fingerprint density at radius 2 is 2.13 bits per heavy atom. The SMILES string of the molecule is CCCCOC(=O)NC(CCO)C(=O)O. The molecule has 0 aromatic rings. The number of aliphatic hydroxyl groups is 1. The molecule has 0 aliphatic rings. The molecule has 0 spiro atoms. The van der Waals surface area contributed by atoms with Gasteiger partial charge in [-0.15, -0.1) is 0 Å². The first-order valence-electron chi connectivity index (χ1n) is 4.88. The van der Waals surface area contributed by atoms with Crippen LogP contribution in [0.2, 0.25) is 0 Å². The number of nitrogens with one attached hydrogen (secondary N) is 1. The van der Waals surface area contributed by atoms with Crippen LogP contribution in [-0.4, -0.2) is 41.5 Å². The number of carbonyl (C=O) groups excluding carboxylic acids is 1. The predicted octanol–water partition coefficient (Wildman–Crippen LogP) is 0.348. The van der Waals surface area contributed by atoms with Crippen molar-refractivity contribution in [1.29, 1.82) is 0 Å². The van der Waals surface area contributed by atoms with E-state index in [1.54, 1.807) is 0 Å². The third-order valence-corrected chi connectivity index (χ3v) is 1.74. The maximum absolute atomic E-state index is 11.0. The van der Waals surface area contributed by atoms with Crippen molar-refractivity contribution in [2.45, 2.75) is 32.2 Å². The van der Waals surface area contributed by atoms with E-state index in [9.17, 15) is 9.59 Å². The molecular weight excluding hydrogens is 202 g/mol. The Hall–Kier alpha value is -1.30. The van der Waals surface area contributed by atoms with Crippen LogP contribution in [0.1, 0.15) is 26.2 Å². The molecule has 6 nitrogen and oxygen atoms in total. The highest BCUT2D eigenvalue weighted by molar-refractivity contribution is 5.79. The molecule has 0 bridgehead atoms. The van der Waals surface area contributed by atoms with Crippen molar-refractivity contribution < 1.29 is 24.5 Å². The summed E-state index contributed by atoms with van der Waals surface area (Å²) in [4.78, 5) is 21.6. The van der Waals surface area contributed by atoms with Gasteiger partial charge < -0.3 is 20.3 Å². The number of unbranched alkanes of at least 4 members (excludes halogenated alkanes) is 1. The van der Waals surface area contributed by atoms with Crippen LogP contribution in [0.4, 0.5) is 4.79 Å². The summed E-state index contributed by atoms with van der Waals surface area (Å²) in [7, 11) is 0. The standard InChI is InChI=1S/C9H17NO5/c1-2-3-6-15-9(14)10-7(4-5-11)8(12)13/h7,11H,2-6H2,1H3,(H,10,14)(H,12,13). The maximum Gasteiger partial charge on any atom is 0.407 e. The van der Waals surface area contributed by atoms with Crippen molar-refractivity contribution in [3.05, 3.63) is 0 Å². The van der Waals surface area contributed by atoms with E-state index in [4.69, 9.17) is 14.9 Å². The summed E-state index contributed by atoms with van der Waals surface area (Å²) >= 11 is 0. The molecule has 0 rings (SSSR count). The Morgan fingerprint density at radius 1 is 1.47 bits per heavy atom. The Balaban J connectivity index is 3.84. The molecule has 0 fully saturated rings. The fourth-order valence-electron chi connectivity index (χ4n) is 0.880. The van der Waals surface area contributed by atoms with Crippen LogP contribution in [0.3, 0.4) is 0 Å². The first-order valence-corrected chi connectivity index (χ1v) is 4.88. The van der Waals surface area contributed by atoms with Crippen molar-refractivity contribution in [3.8, 4) is 0 Å². The molecule has 15 heavy (non-hydrogen) atoms. The highest BCUT2D eigenvalue weighted by Gasteiger charge is 2.19. The van der Waals surface area contributed by atoms with Crippen LogP contribution < -0.4 is 5.32 Å². The Kier molecular flexibility index (Phi) is 7.35. The van der Waals surface area contributed by atoms with E-state index in [2.05, 4.69) is 5.32 Å². The Labute approximate surface area is 88.2 Å². The first-order chi connectivity index (χ1) is 7.11. The first kappa shape index (κ1) is 13.7.